The summed E-state index contributed by atoms with van der Waals surface area (Å²) in [5.41, 5.74) is 0.479. The lowest BCUT2D eigenvalue weighted by Gasteiger charge is -2.27. The number of rotatable bonds is 5. The molecule has 0 saturated carbocycles. The molecule has 0 spiro atoms. The summed E-state index contributed by atoms with van der Waals surface area (Å²) in [4.78, 5) is 24.1. The van der Waals surface area contributed by atoms with E-state index in [1.807, 2.05) is 51.1 Å². The molecular formula is C15H21NO3. The number of benzene rings is 1. The summed E-state index contributed by atoms with van der Waals surface area (Å²) < 4.78 is 5.34. The molecule has 19 heavy (non-hydrogen) atoms. The number of carbonyl (C=O) groups excluding carboxylic acids is 2. The molecule has 0 unspecified atom stereocenters. The van der Waals surface area contributed by atoms with Crippen molar-refractivity contribution >= 4 is 12.4 Å². The number of hydrogen-bond acceptors (Lipinski definition) is 3. The molecule has 104 valence electrons. The monoisotopic (exact) mass is 263 g/mol. The highest BCUT2D eigenvalue weighted by Gasteiger charge is 2.21. The van der Waals surface area contributed by atoms with Gasteiger partial charge in [0.25, 0.3) is 0 Å². The summed E-state index contributed by atoms with van der Waals surface area (Å²) >= 11 is 0. The van der Waals surface area contributed by atoms with Crippen LogP contribution >= 0.6 is 0 Å². The van der Waals surface area contributed by atoms with E-state index in [1.165, 1.54) is 0 Å². The fraction of sp³-hybridized carbons (Fsp3) is 0.467. The fourth-order valence-corrected chi connectivity index (χ4v) is 1.57. The molecule has 1 aromatic rings. The van der Waals surface area contributed by atoms with Gasteiger partial charge < -0.3 is 14.4 Å². The summed E-state index contributed by atoms with van der Waals surface area (Å²) in [6.45, 7) is 6.29. The number of nitrogens with zero attached hydrogens (tertiary/aromatic N) is 1. The van der Waals surface area contributed by atoms with E-state index in [2.05, 4.69) is 0 Å². The average Bonchev–Trinajstić information content (AvgIpc) is 2.33. The first-order chi connectivity index (χ1) is 8.92. The summed E-state index contributed by atoms with van der Waals surface area (Å²) in [5.74, 6) is 0. The van der Waals surface area contributed by atoms with Gasteiger partial charge in [0, 0.05) is 19.5 Å². The maximum Gasteiger partial charge on any atom is 0.410 e. The first kappa shape index (κ1) is 15.2. The van der Waals surface area contributed by atoms with Gasteiger partial charge in [0.05, 0.1) is 0 Å². The zero-order valence-corrected chi connectivity index (χ0v) is 11.8. The second-order valence-electron chi connectivity index (χ2n) is 5.34. The number of ether oxygens (including phenoxy) is 1. The molecular weight excluding hydrogens is 242 g/mol. The summed E-state index contributed by atoms with van der Waals surface area (Å²) in [7, 11) is 0. The second kappa shape index (κ2) is 6.92. The molecule has 4 heteroatoms. The minimum absolute atomic E-state index is 0.312. The Hall–Kier alpha value is -1.84. The van der Waals surface area contributed by atoms with Crippen LogP contribution < -0.4 is 0 Å². The van der Waals surface area contributed by atoms with E-state index >= 15 is 0 Å². The lowest BCUT2D eigenvalue weighted by atomic mass is 10.2. The Morgan fingerprint density at radius 1 is 1.26 bits per heavy atom. The third-order valence-corrected chi connectivity index (χ3v) is 2.38. The van der Waals surface area contributed by atoms with Crippen molar-refractivity contribution in [2.75, 3.05) is 6.54 Å². The largest absolute Gasteiger partial charge is 0.444 e. The quantitative estimate of drug-likeness (QED) is 0.767. The smallest absolute Gasteiger partial charge is 0.410 e. The van der Waals surface area contributed by atoms with Crippen LogP contribution in [0.1, 0.15) is 32.8 Å². The van der Waals surface area contributed by atoms with Crippen molar-refractivity contribution in [2.45, 2.75) is 39.3 Å². The molecule has 0 fully saturated rings. The van der Waals surface area contributed by atoms with Gasteiger partial charge in [0.15, 0.2) is 0 Å². The zero-order valence-electron chi connectivity index (χ0n) is 11.8. The predicted molar refractivity (Wildman–Crippen MR) is 73.8 cm³/mol. The molecule has 0 N–H and O–H groups in total. The highest BCUT2D eigenvalue weighted by molar-refractivity contribution is 5.68. The molecule has 0 heterocycles. The Balaban J connectivity index is 2.71. The van der Waals surface area contributed by atoms with Crippen LogP contribution in [-0.4, -0.2) is 29.4 Å². The average molecular weight is 263 g/mol. The molecule has 1 aromatic carbocycles. The van der Waals surface area contributed by atoms with E-state index in [0.29, 0.717) is 19.5 Å². The van der Waals surface area contributed by atoms with E-state index < -0.39 is 11.7 Å². The fourth-order valence-electron chi connectivity index (χ4n) is 1.57. The van der Waals surface area contributed by atoms with Crippen LogP contribution in [0.3, 0.4) is 0 Å². The Bertz CT molecular complexity index is 409. The number of hydrogen-bond donors (Lipinski definition) is 0. The molecule has 0 atom stereocenters. The normalized spacial score (nSPS) is 10.9. The van der Waals surface area contributed by atoms with Gasteiger partial charge >= 0.3 is 6.09 Å². The van der Waals surface area contributed by atoms with Crippen molar-refractivity contribution in [1.82, 2.24) is 4.90 Å². The van der Waals surface area contributed by atoms with Gasteiger partial charge in [-0.25, -0.2) is 4.79 Å². The molecule has 0 aromatic heterocycles. The van der Waals surface area contributed by atoms with Gasteiger partial charge in [-0.2, -0.15) is 0 Å². The zero-order chi connectivity index (χ0) is 14.3. The van der Waals surface area contributed by atoms with Gasteiger partial charge in [0.1, 0.15) is 11.9 Å². The van der Waals surface area contributed by atoms with Gasteiger partial charge in [-0.3, -0.25) is 0 Å². The Morgan fingerprint density at radius 3 is 2.42 bits per heavy atom. The molecule has 0 bridgehead atoms. The maximum atomic E-state index is 12.1. The van der Waals surface area contributed by atoms with Gasteiger partial charge in [-0.05, 0) is 26.3 Å². The summed E-state index contributed by atoms with van der Waals surface area (Å²) in [5, 5.41) is 0. The van der Waals surface area contributed by atoms with Crippen LogP contribution in [0, 0.1) is 0 Å². The van der Waals surface area contributed by atoms with Crippen LogP contribution in [0.5, 0.6) is 0 Å². The van der Waals surface area contributed by atoms with E-state index in [9.17, 15) is 9.59 Å². The number of carbonyl (C=O) groups is 2. The van der Waals surface area contributed by atoms with Crippen LogP contribution in [0.15, 0.2) is 30.3 Å². The highest BCUT2D eigenvalue weighted by atomic mass is 16.6. The van der Waals surface area contributed by atoms with Crippen molar-refractivity contribution in [3.8, 4) is 0 Å². The van der Waals surface area contributed by atoms with Crippen molar-refractivity contribution < 1.29 is 14.3 Å². The van der Waals surface area contributed by atoms with Gasteiger partial charge in [0.2, 0.25) is 0 Å². The van der Waals surface area contributed by atoms with Crippen LogP contribution in [0.25, 0.3) is 0 Å². The van der Waals surface area contributed by atoms with E-state index in [4.69, 9.17) is 4.74 Å². The van der Waals surface area contributed by atoms with E-state index in [0.717, 1.165) is 11.8 Å². The number of amides is 1. The molecule has 0 saturated heterocycles. The minimum Gasteiger partial charge on any atom is -0.444 e. The van der Waals surface area contributed by atoms with Crippen molar-refractivity contribution in [2.24, 2.45) is 0 Å². The summed E-state index contributed by atoms with van der Waals surface area (Å²) in [6.07, 6.45) is 0.729. The molecule has 0 aliphatic rings. The topological polar surface area (TPSA) is 46.6 Å². The SMILES string of the molecule is CC(C)(C)OC(=O)N(CCC=O)Cc1ccccc1. The Labute approximate surface area is 114 Å². The Kier molecular flexibility index (Phi) is 5.55. The van der Waals surface area contributed by atoms with Crippen molar-refractivity contribution in [1.29, 1.82) is 0 Å². The van der Waals surface area contributed by atoms with Crippen LogP contribution in [-0.2, 0) is 16.1 Å². The van der Waals surface area contributed by atoms with Crippen LogP contribution in [0.2, 0.25) is 0 Å². The maximum absolute atomic E-state index is 12.1. The molecule has 1 amide bonds. The first-order valence-corrected chi connectivity index (χ1v) is 6.38. The molecule has 0 aliphatic heterocycles. The van der Waals surface area contributed by atoms with Crippen molar-refractivity contribution in [3.63, 3.8) is 0 Å². The molecule has 1 rings (SSSR count). The lowest BCUT2D eigenvalue weighted by Crippen LogP contribution is -2.37. The van der Waals surface area contributed by atoms with E-state index in [1.54, 1.807) is 4.90 Å². The second-order valence-corrected chi connectivity index (χ2v) is 5.34. The van der Waals surface area contributed by atoms with E-state index in [-0.39, 0.29) is 0 Å². The first-order valence-electron chi connectivity index (χ1n) is 6.38. The van der Waals surface area contributed by atoms with Crippen molar-refractivity contribution in [3.05, 3.63) is 35.9 Å². The third kappa shape index (κ3) is 6.04. The molecule has 0 aliphatic carbocycles. The number of aldehydes is 1. The van der Waals surface area contributed by atoms with Gasteiger partial charge in [-0.1, -0.05) is 30.3 Å². The predicted octanol–water partition coefficient (Wildman–Crippen LogP) is 3.01. The highest BCUT2D eigenvalue weighted by Crippen LogP contribution is 2.12. The molecule has 0 radical (unpaired) electrons. The lowest BCUT2D eigenvalue weighted by molar-refractivity contribution is -0.108. The Morgan fingerprint density at radius 2 is 1.89 bits per heavy atom. The third-order valence-electron chi connectivity index (χ3n) is 2.38. The summed E-state index contributed by atoms with van der Waals surface area (Å²) in [6, 6.07) is 9.65. The molecule has 4 nitrogen and oxygen atoms in total. The van der Waals surface area contributed by atoms with Crippen LogP contribution in [0.4, 0.5) is 4.79 Å². The minimum atomic E-state index is -0.535. The standard InChI is InChI=1S/C15H21NO3/c1-15(2,3)19-14(18)16(10-7-11-17)12-13-8-5-4-6-9-13/h4-6,8-9,11H,7,10,12H2,1-3H3. The van der Waals surface area contributed by atoms with Gasteiger partial charge in [-0.15, -0.1) is 0 Å².